The molecule has 0 aliphatic heterocycles. The van der Waals surface area contributed by atoms with Crippen LogP contribution in [0.15, 0.2) is 34.9 Å². The normalized spacial score (nSPS) is 13.3. The van der Waals surface area contributed by atoms with Gasteiger partial charge in [-0.25, -0.2) is 4.98 Å². The van der Waals surface area contributed by atoms with Crippen LogP contribution in [0.3, 0.4) is 0 Å². The van der Waals surface area contributed by atoms with Gasteiger partial charge < -0.3 is 15.5 Å². The Kier molecular flexibility index (Phi) is 6.23. The third-order valence-corrected chi connectivity index (χ3v) is 6.86. The number of nitrogens with one attached hydrogen (secondary N) is 1. The quantitative estimate of drug-likeness (QED) is 0.539. The van der Waals surface area contributed by atoms with Crippen molar-refractivity contribution in [1.82, 2.24) is 4.98 Å². The molecule has 0 bridgehead atoms. The third kappa shape index (κ3) is 4.71. The molecule has 2 heterocycles. The van der Waals surface area contributed by atoms with Gasteiger partial charge in [-0.05, 0) is 42.7 Å². The number of nitrogens with two attached hydrogens (primary N) is 1. The number of carbonyl (C=O) groups excluding carboxylic acids is 2. The predicted octanol–water partition coefficient (Wildman–Crippen LogP) is 5.08. The van der Waals surface area contributed by atoms with Crippen molar-refractivity contribution in [3.8, 4) is 11.3 Å². The Bertz CT molecular complexity index is 1100. The van der Waals surface area contributed by atoms with E-state index in [-0.39, 0.29) is 12.3 Å². The number of nitrogens with zero attached hydrogens (tertiary/aromatic N) is 1. The Morgan fingerprint density at radius 1 is 1.19 bits per heavy atom. The van der Waals surface area contributed by atoms with E-state index in [2.05, 4.69) is 36.3 Å². The molecule has 4 rings (SSSR count). The Hall–Kier alpha value is -2.93. The first-order chi connectivity index (χ1) is 14.9. The van der Waals surface area contributed by atoms with Gasteiger partial charge in [-0.1, -0.05) is 38.1 Å². The molecule has 0 fully saturated rings. The van der Waals surface area contributed by atoms with Crippen LogP contribution >= 0.6 is 11.3 Å². The Balaban J connectivity index is 1.39. The van der Waals surface area contributed by atoms with Crippen molar-refractivity contribution in [2.75, 3.05) is 5.32 Å². The van der Waals surface area contributed by atoms with Crippen molar-refractivity contribution in [2.24, 2.45) is 5.73 Å². The van der Waals surface area contributed by atoms with E-state index in [1.54, 1.807) is 6.20 Å². The number of benzene rings is 1. The zero-order chi connectivity index (χ0) is 22.0. The summed E-state index contributed by atoms with van der Waals surface area (Å²) in [6, 6.07) is 8.23. The molecule has 0 spiro atoms. The number of hydrogen-bond donors (Lipinski definition) is 2. The average Bonchev–Trinajstić information content (AvgIpc) is 3.36. The van der Waals surface area contributed by atoms with E-state index < -0.39 is 5.91 Å². The second-order valence-corrected chi connectivity index (χ2v) is 9.33. The van der Waals surface area contributed by atoms with Gasteiger partial charge in [0.05, 0.1) is 11.8 Å². The molecule has 1 aromatic carbocycles. The first kappa shape index (κ1) is 21.3. The summed E-state index contributed by atoms with van der Waals surface area (Å²) in [4.78, 5) is 30.0. The summed E-state index contributed by atoms with van der Waals surface area (Å²) >= 11 is 1.47. The summed E-state index contributed by atoms with van der Waals surface area (Å²) in [5.74, 6) is 1.02. The number of aryl methyl sites for hydroxylation is 2. The van der Waals surface area contributed by atoms with Crippen LogP contribution in [-0.4, -0.2) is 16.8 Å². The summed E-state index contributed by atoms with van der Waals surface area (Å²) in [6.07, 6.45) is 6.22. The molecule has 6 nitrogen and oxygen atoms in total. The molecule has 0 radical (unpaired) electrons. The topological polar surface area (TPSA) is 98.2 Å². The van der Waals surface area contributed by atoms with Gasteiger partial charge in [0.1, 0.15) is 5.00 Å². The van der Waals surface area contributed by atoms with E-state index in [1.807, 2.05) is 12.1 Å². The number of aromatic nitrogens is 1. The molecular weight excluding hydrogens is 410 g/mol. The third-order valence-electron chi connectivity index (χ3n) is 5.65. The molecule has 3 aromatic rings. The highest BCUT2D eigenvalue weighted by atomic mass is 32.1. The molecule has 1 aliphatic carbocycles. The van der Waals surface area contributed by atoms with Gasteiger partial charge in [0, 0.05) is 23.3 Å². The molecule has 0 saturated carbocycles. The predicted molar refractivity (Wildman–Crippen MR) is 122 cm³/mol. The van der Waals surface area contributed by atoms with Crippen LogP contribution in [0.4, 0.5) is 5.00 Å². The second-order valence-electron chi connectivity index (χ2n) is 8.22. The number of amides is 2. The maximum Gasteiger partial charge on any atom is 0.251 e. The number of anilines is 1. The first-order valence-electron chi connectivity index (χ1n) is 10.7. The number of thiophene rings is 1. The summed E-state index contributed by atoms with van der Waals surface area (Å²) < 4.78 is 5.84. The maximum atomic E-state index is 12.5. The molecule has 0 unspecified atom stereocenters. The molecule has 2 aromatic heterocycles. The summed E-state index contributed by atoms with van der Waals surface area (Å²) in [6.45, 7) is 4.31. The highest BCUT2D eigenvalue weighted by molar-refractivity contribution is 7.17. The van der Waals surface area contributed by atoms with Crippen LogP contribution in [-0.2, 0) is 24.1 Å². The van der Waals surface area contributed by atoms with Crippen LogP contribution < -0.4 is 11.1 Å². The van der Waals surface area contributed by atoms with Crippen molar-refractivity contribution in [3.63, 3.8) is 0 Å². The smallest absolute Gasteiger partial charge is 0.251 e. The zero-order valence-corrected chi connectivity index (χ0v) is 18.7. The van der Waals surface area contributed by atoms with Gasteiger partial charge in [0.2, 0.25) is 5.91 Å². The van der Waals surface area contributed by atoms with Gasteiger partial charge in [0.25, 0.3) is 5.91 Å². The fraction of sp³-hybridized carbons (Fsp3) is 0.375. The summed E-state index contributed by atoms with van der Waals surface area (Å²) in [5, 5.41) is 3.46. The highest BCUT2D eigenvalue weighted by Crippen LogP contribution is 2.38. The lowest BCUT2D eigenvalue weighted by Gasteiger charge is -2.11. The van der Waals surface area contributed by atoms with E-state index in [0.29, 0.717) is 34.6 Å². The number of carbonyl (C=O) groups is 2. The van der Waals surface area contributed by atoms with Crippen molar-refractivity contribution in [1.29, 1.82) is 0 Å². The van der Waals surface area contributed by atoms with Crippen LogP contribution in [0, 0.1) is 0 Å². The van der Waals surface area contributed by atoms with Crippen molar-refractivity contribution in [2.45, 2.75) is 58.3 Å². The number of hydrogen-bond acceptors (Lipinski definition) is 5. The lowest BCUT2D eigenvalue weighted by atomic mass is 9.95. The molecule has 162 valence electrons. The van der Waals surface area contributed by atoms with E-state index in [0.717, 1.165) is 41.7 Å². The van der Waals surface area contributed by atoms with E-state index in [4.69, 9.17) is 10.2 Å². The average molecular weight is 438 g/mol. The highest BCUT2D eigenvalue weighted by Gasteiger charge is 2.25. The lowest BCUT2D eigenvalue weighted by molar-refractivity contribution is -0.116. The summed E-state index contributed by atoms with van der Waals surface area (Å²) in [5.41, 5.74) is 9.33. The number of fused-ring (bicyclic) bond motifs is 1. The zero-order valence-electron chi connectivity index (χ0n) is 17.9. The monoisotopic (exact) mass is 437 g/mol. The number of rotatable bonds is 7. The second kappa shape index (κ2) is 9.06. The van der Waals surface area contributed by atoms with Crippen LogP contribution in [0.25, 0.3) is 11.3 Å². The van der Waals surface area contributed by atoms with Gasteiger partial charge in [-0.3, -0.25) is 9.59 Å². The standard InChI is InChI=1S/C24H27N3O3S/c1-14(2)15-7-9-16(10-8-15)18-13-26-21(30-18)12-11-20(28)27-24-22(23(25)29)17-5-3-4-6-19(17)31-24/h7-10,13-14H,3-6,11-12H2,1-2H3,(H2,25,29)(H,27,28). The Morgan fingerprint density at radius 3 is 2.65 bits per heavy atom. The minimum absolute atomic E-state index is 0.179. The molecule has 1 aliphatic rings. The van der Waals surface area contributed by atoms with Crippen molar-refractivity contribution in [3.05, 3.63) is 57.9 Å². The molecule has 7 heteroatoms. The van der Waals surface area contributed by atoms with Crippen molar-refractivity contribution >= 4 is 28.2 Å². The van der Waals surface area contributed by atoms with Gasteiger partial charge in [-0.2, -0.15) is 0 Å². The molecule has 3 N–H and O–H groups in total. The van der Waals surface area contributed by atoms with E-state index in [9.17, 15) is 9.59 Å². The maximum absolute atomic E-state index is 12.5. The number of primary amides is 1. The summed E-state index contributed by atoms with van der Waals surface area (Å²) in [7, 11) is 0. The minimum Gasteiger partial charge on any atom is -0.441 e. The SMILES string of the molecule is CC(C)c1ccc(-c2cnc(CCC(=O)Nc3sc4c(c3C(N)=O)CCCC4)o2)cc1. The number of oxazole rings is 1. The molecule has 2 amide bonds. The minimum atomic E-state index is -0.476. The van der Waals surface area contributed by atoms with E-state index >= 15 is 0 Å². The van der Waals surface area contributed by atoms with Crippen molar-refractivity contribution < 1.29 is 14.0 Å². The van der Waals surface area contributed by atoms with E-state index in [1.165, 1.54) is 16.9 Å². The first-order valence-corrected chi connectivity index (χ1v) is 11.5. The van der Waals surface area contributed by atoms with Crippen LogP contribution in [0.5, 0.6) is 0 Å². The largest absolute Gasteiger partial charge is 0.441 e. The van der Waals surface area contributed by atoms with Gasteiger partial charge >= 0.3 is 0 Å². The Labute approximate surface area is 185 Å². The fourth-order valence-electron chi connectivity index (χ4n) is 3.92. The fourth-order valence-corrected chi connectivity index (χ4v) is 5.23. The molecule has 0 atom stereocenters. The van der Waals surface area contributed by atoms with Crippen LogP contribution in [0.1, 0.15) is 71.3 Å². The molecule has 31 heavy (non-hydrogen) atoms. The molecule has 0 saturated heterocycles. The van der Waals surface area contributed by atoms with Crippen LogP contribution in [0.2, 0.25) is 0 Å². The lowest BCUT2D eigenvalue weighted by Crippen LogP contribution is -2.18. The molecular formula is C24H27N3O3S. The van der Waals surface area contributed by atoms with Gasteiger partial charge in [0.15, 0.2) is 11.7 Å². The van der Waals surface area contributed by atoms with Gasteiger partial charge in [-0.15, -0.1) is 11.3 Å². The Morgan fingerprint density at radius 2 is 1.94 bits per heavy atom.